The molecule has 1 aromatic carbocycles. The first-order chi connectivity index (χ1) is 6.74. The van der Waals surface area contributed by atoms with Crippen LogP contribution in [0.15, 0.2) is 21.2 Å². The predicted octanol–water partition coefficient (Wildman–Crippen LogP) is 2.66. The zero-order valence-corrected chi connectivity index (χ0v) is 10.0. The molecule has 1 amide bonds. The van der Waals surface area contributed by atoms with Gasteiger partial charge >= 0.3 is 0 Å². The van der Waals surface area contributed by atoms with Gasteiger partial charge in [0, 0.05) is 14.3 Å². The van der Waals surface area contributed by atoms with Gasteiger partial charge in [-0.05, 0) is 37.9 Å². The summed E-state index contributed by atoms with van der Waals surface area (Å²) >= 11 is 6.76. The van der Waals surface area contributed by atoms with Crippen LogP contribution in [0.2, 0.25) is 0 Å². The number of H-pyrrole nitrogens is 1. The molecular formula is C8H5Br2N3O. The molecule has 2 rings (SSSR count). The van der Waals surface area contributed by atoms with Gasteiger partial charge in [-0.1, -0.05) is 0 Å². The molecule has 1 aromatic heterocycles. The van der Waals surface area contributed by atoms with Gasteiger partial charge in [0.1, 0.15) is 0 Å². The topological polar surface area (TPSA) is 57.8 Å². The molecule has 1 heterocycles. The summed E-state index contributed by atoms with van der Waals surface area (Å²) < 4.78 is 1.71. The minimum absolute atomic E-state index is 0.639. The fourth-order valence-corrected chi connectivity index (χ4v) is 2.64. The highest BCUT2D eigenvalue weighted by molar-refractivity contribution is 9.11. The fraction of sp³-hybridized carbons (Fsp3) is 0. The van der Waals surface area contributed by atoms with E-state index in [-0.39, 0.29) is 0 Å². The standard InChI is InChI=1S/C8H5Br2N3O/c9-5-1-6(10)8-4(2-12-13-8)7(5)11-3-14/h1-3H,(H,11,14)(H,12,13). The molecule has 14 heavy (non-hydrogen) atoms. The lowest BCUT2D eigenvalue weighted by Crippen LogP contribution is -1.95. The molecule has 0 atom stereocenters. The van der Waals surface area contributed by atoms with Crippen molar-refractivity contribution < 1.29 is 4.79 Å². The van der Waals surface area contributed by atoms with E-state index in [4.69, 9.17) is 0 Å². The van der Waals surface area contributed by atoms with Crippen molar-refractivity contribution in [1.29, 1.82) is 0 Å². The highest BCUT2D eigenvalue weighted by Crippen LogP contribution is 2.35. The van der Waals surface area contributed by atoms with Crippen molar-refractivity contribution in [2.24, 2.45) is 0 Å². The number of carbonyl (C=O) groups excluding carboxylic acids is 1. The van der Waals surface area contributed by atoms with Gasteiger partial charge in [0.15, 0.2) is 0 Å². The lowest BCUT2D eigenvalue weighted by atomic mass is 10.2. The normalized spacial score (nSPS) is 10.4. The Balaban J connectivity index is 2.79. The zero-order valence-electron chi connectivity index (χ0n) is 6.84. The maximum absolute atomic E-state index is 10.4. The Hall–Kier alpha value is -0.880. The molecule has 2 aromatic rings. The molecule has 6 heteroatoms. The molecule has 0 spiro atoms. The maximum Gasteiger partial charge on any atom is 0.211 e. The van der Waals surface area contributed by atoms with Gasteiger partial charge in [-0.3, -0.25) is 9.89 Å². The summed E-state index contributed by atoms with van der Waals surface area (Å²) in [6.07, 6.45) is 2.30. The van der Waals surface area contributed by atoms with Crippen LogP contribution >= 0.6 is 31.9 Å². The zero-order chi connectivity index (χ0) is 10.1. The van der Waals surface area contributed by atoms with Crippen molar-refractivity contribution in [1.82, 2.24) is 10.2 Å². The molecule has 2 N–H and O–H groups in total. The number of amides is 1. The Bertz CT molecular complexity index is 495. The summed E-state index contributed by atoms with van der Waals surface area (Å²) in [5.41, 5.74) is 1.57. The molecule has 0 aliphatic rings. The van der Waals surface area contributed by atoms with Crippen molar-refractivity contribution in [2.45, 2.75) is 0 Å². The average Bonchev–Trinajstić information content (AvgIpc) is 2.60. The number of benzene rings is 1. The maximum atomic E-state index is 10.4. The number of carbonyl (C=O) groups is 1. The van der Waals surface area contributed by atoms with Crippen LogP contribution in [0.1, 0.15) is 0 Å². The third-order valence-corrected chi connectivity index (χ3v) is 3.09. The monoisotopic (exact) mass is 317 g/mol. The summed E-state index contributed by atoms with van der Waals surface area (Å²) in [6.45, 7) is 0. The van der Waals surface area contributed by atoms with Crippen molar-refractivity contribution in [3.8, 4) is 0 Å². The molecule has 0 saturated heterocycles. The Morgan fingerprint density at radius 1 is 1.43 bits per heavy atom. The van der Waals surface area contributed by atoms with Crippen LogP contribution in [0.5, 0.6) is 0 Å². The van der Waals surface area contributed by atoms with E-state index in [0.29, 0.717) is 12.1 Å². The molecule has 0 fully saturated rings. The van der Waals surface area contributed by atoms with Crippen LogP contribution < -0.4 is 5.32 Å². The van der Waals surface area contributed by atoms with Gasteiger partial charge in [-0.2, -0.15) is 5.10 Å². The second kappa shape index (κ2) is 3.70. The highest BCUT2D eigenvalue weighted by atomic mass is 79.9. The molecule has 0 unspecified atom stereocenters. The number of aromatic amines is 1. The Morgan fingerprint density at radius 3 is 2.93 bits per heavy atom. The quantitative estimate of drug-likeness (QED) is 0.836. The first-order valence-corrected chi connectivity index (χ1v) is 5.34. The number of hydrogen-bond donors (Lipinski definition) is 2. The second-order valence-electron chi connectivity index (χ2n) is 2.64. The van der Waals surface area contributed by atoms with E-state index >= 15 is 0 Å². The highest BCUT2D eigenvalue weighted by Gasteiger charge is 2.10. The summed E-state index contributed by atoms with van der Waals surface area (Å²) in [7, 11) is 0. The lowest BCUT2D eigenvalue weighted by molar-refractivity contribution is -0.105. The molecule has 0 aliphatic heterocycles. The molecule has 0 aliphatic carbocycles. The summed E-state index contributed by atoms with van der Waals surface area (Å²) in [6, 6.07) is 1.85. The minimum atomic E-state index is 0.639. The number of aromatic nitrogens is 2. The number of anilines is 1. The largest absolute Gasteiger partial charge is 0.327 e. The van der Waals surface area contributed by atoms with Crippen LogP contribution in [-0.2, 0) is 4.79 Å². The second-order valence-corrected chi connectivity index (χ2v) is 4.34. The molecule has 0 bridgehead atoms. The van der Waals surface area contributed by atoms with Gasteiger partial charge in [0.05, 0.1) is 17.4 Å². The average molecular weight is 319 g/mol. The summed E-state index contributed by atoms with van der Waals surface area (Å²) in [4.78, 5) is 10.4. The SMILES string of the molecule is O=CNc1c(Br)cc(Br)c2[nH]ncc12. The molecule has 0 radical (unpaired) electrons. The van der Waals surface area contributed by atoms with Crippen LogP contribution in [-0.4, -0.2) is 16.6 Å². The van der Waals surface area contributed by atoms with Gasteiger partial charge in [0.2, 0.25) is 6.41 Å². The third-order valence-electron chi connectivity index (χ3n) is 1.84. The fourth-order valence-electron chi connectivity index (χ4n) is 1.25. The Morgan fingerprint density at radius 2 is 2.21 bits per heavy atom. The van der Waals surface area contributed by atoms with E-state index < -0.39 is 0 Å². The smallest absolute Gasteiger partial charge is 0.211 e. The summed E-state index contributed by atoms with van der Waals surface area (Å²) in [5.74, 6) is 0. The minimum Gasteiger partial charge on any atom is -0.327 e. The van der Waals surface area contributed by atoms with Gasteiger partial charge in [-0.15, -0.1) is 0 Å². The number of halogens is 2. The third kappa shape index (κ3) is 1.44. The van der Waals surface area contributed by atoms with Gasteiger partial charge in [0.25, 0.3) is 0 Å². The predicted molar refractivity (Wildman–Crippen MR) is 61.2 cm³/mol. The van der Waals surface area contributed by atoms with E-state index in [1.54, 1.807) is 6.20 Å². The van der Waals surface area contributed by atoms with E-state index in [9.17, 15) is 4.79 Å². The van der Waals surface area contributed by atoms with Crippen LogP contribution in [0.3, 0.4) is 0 Å². The number of hydrogen-bond acceptors (Lipinski definition) is 2. The number of rotatable bonds is 2. The van der Waals surface area contributed by atoms with Crippen molar-refractivity contribution >= 4 is 54.9 Å². The first kappa shape index (κ1) is 9.67. The van der Waals surface area contributed by atoms with E-state index in [2.05, 4.69) is 47.4 Å². The first-order valence-electron chi connectivity index (χ1n) is 3.75. The van der Waals surface area contributed by atoms with Crippen molar-refractivity contribution in [3.05, 3.63) is 21.2 Å². The van der Waals surface area contributed by atoms with Crippen LogP contribution in [0.25, 0.3) is 10.9 Å². The van der Waals surface area contributed by atoms with Crippen molar-refractivity contribution in [2.75, 3.05) is 5.32 Å². The van der Waals surface area contributed by atoms with Crippen LogP contribution in [0, 0.1) is 0 Å². The number of nitrogens with one attached hydrogen (secondary N) is 2. The number of nitrogens with zero attached hydrogens (tertiary/aromatic N) is 1. The number of fused-ring (bicyclic) bond motifs is 1. The molecule has 4 nitrogen and oxygen atoms in total. The summed E-state index contributed by atoms with van der Waals surface area (Å²) in [5, 5.41) is 10.2. The van der Waals surface area contributed by atoms with Crippen LogP contribution in [0.4, 0.5) is 5.69 Å². The molecule has 0 saturated carbocycles. The van der Waals surface area contributed by atoms with E-state index in [0.717, 1.165) is 19.8 Å². The molecular weight excluding hydrogens is 314 g/mol. The van der Waals surface area contributed by atoms with Gasteiger partial charge in [-0.25, -0.2) is 0 Å². The van der Waals surface area contributed by atoms with Gasteiger partial charge < -0.3 is 5.32 Å². The Kier molecular flexibility index (Phi) is 2.56. The van der Waals surface area contributed by atoms with E-state index in [1.165, 1.54) is 0 Å². The van der Waals surface area contributed by atoms with Crippen molar-refractivity contribution in [3.63, 3.8) is 0 Å². The Labute approximate surface area is 96.3 Å². The van der Waals surface area contributed by atoms with E-state index in [1.807, 2.05) is 6.07 Å². The molecule has 72 valence electrons. The lowest BCUT2D eigenvalue weighted by Gasteiger charge is -2.04.